The van der Waals surface area contributed by atoms with Crippen LogP contribution < -0.4 is 10.1 Å². The summed E-state index contributed by atoms with van der Waals surface area (Å²) in [5.41, 5.74) is 0. The fourth-order valence-corrected chi connectivity index (χ4v) is 3.96. The lowest BCUT2D eigenvalue weighted by atomic mass is 10.1. The number of furan rings is 1. The van der Waals surface area contributed by atoms with E-state index in [0.29, 0.717) is 12.5 Å². The number of rotatable bonds is 9. The molecule has 3 heterocycles. The second-order valence-corrected chi connectivity index (χ2v) is 8.14. The average Bonchev–Trinajstić information content (AvgIpc) is 3.52. The first-order chi connectivity index (χ1) is 15.4. The molecule has 2 aromatic rings. The molecular formula is C24H35IN4O3. The molecule has 2 fully saturated rings. The van der Waals surface area contributed by atoms with Gasteiger partial charge in [-0.15, -0.1) is 24.0 Å². The van der Waals surface area contributed by atoms with Crippen LogP contribution in [0.4, 0.5) is 0 Å². The SMILES string of the molecule is I.c1ccc(OCCN2CCN(C(=NCC3CCOC3)NCCc3ccco3)CC2)cc1. The van der Waals surface area contributed by atoms with Gasteiger partial charge in [0.1, 0.15) is 18.1 Å². The highest BCUT2D eigenvalue weighted by molar-refractivity contribution is 14.0. The molecule has 32 heavy (non-hydrogen) atoms. The van der Waals surface area contributed by atoms with Crippen LogP contribution in [0.25, 0.3) is 0 Å². The van der Waals surface area contributed by atoms with Crippen molar-refractivity contribution in [1.29, 1.82) is 0 Å². The van der Waals surface area contributed by atoms with E-state index >= 15 is 0 Å². The topological polar surface area (TPSA) is 62.5 Å². The Morgan fingerprint density at radius 1 is 1.09 bits per heavy atom. The third-order valence-electron chi connectivity index (χ3n) is 5.85. The van der Waals surface area contributed by atoms with Crippen molar-refractivity contribution in [2.24, 2.45) is 10.9 Å². The van der Waals surface area contributed by atoms with Crippen LogP contribution in [0.15, 0.2) is 58.1 Å². The molecule has 1 N–H and O–H groups in total. The van der Waals surface area contributed by atoms with Gasteiger partial charge in [0.2, 0.25) is 0 Å². The Labute approximate surface area is 208 Å². The second kappa shape index (κ2) is 13.7. The van der Waals surface area contributed by atoms with Crippen molar-refractivity contribution in [2.75, 3.05) is 65.6 Å². The quantitative estimate of drug-likeness (QED) is 0.292. The number of para-hydroxylation sites is 1. The number of aliphatic imine (C=N–C) groups is 1. The van der Waals surface area contributed by atoms with Crippen molar-refractivity contribution in [2.45, 2.75) is 12.8 Å². The number of nitrogens with zero attached hydrogens (tertiary/aromatic N) is 3. The van der Waals surface area contributed by atoms with Crippen LogP contribution in [-0.2, 0) is 11.2 Å². The number of hydrogen-bond donors (Lipinski definition) is 1. The molecule has 176 valence electrons. The number of nitrogens with one attached hydrogen (secondary N) is 1. The Morgan fingerprint density at radius 3 is 2.66 bits per heavy atom. The molecule has 0 amide bonds. The van der Waals surface area contributed by atoms with E-state index in [-0.39, 0.29) is 24.0 Å². The van der Waals surface area contributed by atoms with Gasteiger partial charge in [-0.05, 0) is 30.7 Å². The maximum atomic E-state index is 5.85. The largest absolute Gasteiger partial charge is 0.492 e. The number of guanidine groups is 1. The summed E-state index contributed by atoms with van der Waals surface area (Å²) in [4.78, 5) is 9.80. The minimum Gasteiger partial charge on any atom is -0.492 e. The highest BCUT2D eigenvalue weighted by Crippen LogP contribution is 2.13. The Balaban J connectivity index is 0.00000289. The minimum absolute atomic E-state index is 0. The lowest BCUT2D eigenvalue weighted by Gasteiger charge is -2.36. The maximum Gasteiger partial charge on any atom is 0.194 e. The van der Waals surface area contributed by atoms with Crippen molar-refractivity contribution in [3.05, 3.63) is 54.5 Å². The van der Waals surface area contributed by atoms with E-state index < -0.39 is 0 Å². The molecule has 1 aromatic carbocycles. The van der Waals surface area contributed by atoms with Crippen LogP contribution in [0, 0.1) is 5.92 Å². The summed E-state index contributed by atoms with van der Waals surface area (Å²) in [6.07, 6.45) is 3.69. The molecule has 0 saturated carbocycles. The van der Waals surface area contributed by atoms with E-state index in [4.69, 9.17) is 18.9 Å². The van der Waals surface area contributed by atoms with Crippen LogP contribution in [0.1, 0.15) is 12.2 Å². The van der Waals surface area contributed by atoms with Gasteiger partial charge in [0, 0.05) is 64.8 Å². The highest BCUT2D eigenvalue weighted by Gasteiger charge is 2.21. The van der Waals surface area contributed by atoms with Crippen LogP contribution in [0.5, 0.6) is 5.75 Å². The number of ether oxygens (including phenoxy) is 2. The predicted octanol–water partition coefficient (Wildman–Crippen LogP) is 3.12. The van der Waals surface area contributed by atoms with E-state index in [1.807, 2.05) is 42.5 Å². The zero-order valence-electron chi connectivity index (χ0n) is 18.7. The van der Waals surface area contributed by atoms with Crippen molar-refractivity contribution in [3.63, 3.8) is 0 Å². The van der Waals surface area contributed by atoms with Gasteiger partial charge >= 0.3 is 0 Å². The monoisotopic (exact) mass is 554 g/mol. The van der Waals surface area contributed by atoms with Crippen LogP contribution in [0.3, 0.4) is 0 Å². The highest BCUT2D eigenvalue weighted by atomic mass is 127. The number of halogens is 1. The van der Waals surface area contributed by atoms with Crippen molar-refractivity contribution in [3.8, 4) is 5.75 Å². The Morgan fingerprint density at radius 2 is 1.94 bits per heavy atom. The molecule has 8 heteroatoms. The zero-order chi connectivity index (χ0) is 21.1. The molecule has 0 spiro atoms. The molecule has 0 aliphatic carbocycles. The third-order valence-corrected chi connectivity index (χ3v) is 5.85. The fourth-order valence-electron chi connectivity index (χ4n) is 3.96. The van der Waals surface area contributed by atoms with Gasteiger partial charge < -0.3 is 24.1 Å². The smallest absolute Gasteiger partial charge is 0.194 e. The number of piperazine rings is 1. The summed E-state index contributed by atoms with van der Waals surface area (Å²) < 4.78 is 16.8. The summed E-state index contributed by atoms with van der Waals surface area (Å²) in [6, 6.07) is 14.0. The molecule has 4 rings (SSSR count). The van der Waals surface area contributed by atoms with Gasteiger partial charge in [0.25, 0.3) is 0 Å². The molecule has 2 aliphatic heterocycles. The fraction of sp³-hybridized carbons (Fsp3) is 0.542. The van der Waals surface area contributed by atoms with Gasteiger partial charge in [0.05, 0.1) is 12.9 Å². The Kier molecular flexibility index (Phi) is 10.6. The number of benzene rings is 1. The molecule has 7 nitrogen and oxygen atoms in total. The van der Waals surface area contributed by atoms with E-state index in [9.17, 15) is 0 Å². The molecule has 1 atom stereocenters. The third kappa shape index (κ3) is 7.97. The lowest BCUT2D eigenvalue weighted by molar-refractivity contribution is 0.152. The van der Waals surface area contributed by atoms with Crippen molar-refractivity contribution < 1.29 is 13.9 Å². The predicted molar refractivity (Wildman–Crippen MR) is 137 cm³/mol. The Bertz CT molecular complexity index is 774. The average molecular weight is 554 g/mol. The maximum absolute atomic E-state index is 5.85. The molecule has 0 radical (unpaired) electrons. The molecule has 2 aliphatic rings. The number of hydrogen-bond acceptors (Lipinski definition) is 5. The van der Waals surface area contributed by atoms with Crippen molar-refractivity contribution in [1.82, 2.24) is 15.1 Å². The minimum atomic E-state index is 0. The standard InChI is InChI=1S/C24H34N4O3.HI/c1-2-5-22(6-3-1)31-18-15-27-11-13-28(14-12-27)24(26-19-21-9-17-29-20-21)25-10-8-23-7-4-16-30-23;/h1-7,16,21H,8-15,17-20H2,(H,25,26);1H. The molecular weight excluding hydrogens is 519 g/mol. The van der Waals surface area contributed by atoms with Gasteiger partial charge in [0.15, 0.2) is 5.96 Å². The normalized spacial score (nSPS) is 19.6. The van der Waals surface area contributed by atoms with Crippen LogP contribution in [0.2, 0.25) is 0 Å². The molecule has 1 aromatic heterocycles. The van der Waals surface area contributed by atoms with Gasteiger partial charge in [-0.3, -0.25) is 9.89 Å². The Hall–Kier alpha value is -1.78. The summed E-state index contributed by atoms with van der Waals surface area (Å²) >= 11 is 0. The first-order valence-corrected chi connectivity index (χ1v) is 11.4. The van der Waals surface area contributed by atoms with E-state index in [0.717, 1.165) is 89.3 Å². The summed E-state index contributed by atoms with van der Waals surface area (Å²) in [6.45, 7) is 8.98. The summed E-state index contributed by atoms with van der Waals surface area (Å²) in [7, 11) is 0. The van der Waals surface area contributed by atoms with Gasteiger partial charge in [-0.25, -0.2) is 0 Å². The molecule has 1 unspecified atom stereocenters. The zero-order valence-corrected chi connectivity index (χ0v) is 21.0. The first kappa shape index (κ1) is 24.9. The van der Waals surface area contributed by atoms with Crippen LogP contribution in [-0.4, -0.2) is 81.4 Å². The summed E-state index contributed by atoms with van der Waals surface area (Å²) in [5, 5.41) is 3.56. The van der Waals surface area contributed by atoms with Crippen molar-refractivity contribution >= 4 is 29.9 Å². The summed E-state index contributed by atoms with van der Waals surface area (Å²) in [5.74, 6) is 3.49. The van der Waals surface area contributed by atoms with Gasteiger partial charge in [-0.2, -0.15) is 0 Å². The molecule has 2 saturated heterocycles. The lowest BCUT2D eigenvalue weighted by Crippen LogP contribution is -2.53. The van der Waals surface area contributed by atoms with E-state index in [1.54, 1.807) is 6.26 Å². The molecule has 0 bridgehead atoms. The van der Waals surface area contributed by atoms with E-state index in [2.05, 4.69) is 15.1 Å². The van der Waals surface area contributed by atoms with Gasteiger partial charge in [-0.1, -0.05) is 18.2 Å². The first-order valence-electron chi connectivity index (χ1n) is 11.4. The second-order valence-electron chi connectivity index (χ2n) is 8.14. The van der Waals surface area contributed by atoms with Crippen LogP contribution >= 0.6 is 24.0 Å². The van der Waals surface area contributed by atoms with E-state index in [1.165, 1.54) is 0 Å².